The average Bonchev–Trinajstić information content (AvgIpc) is 2.85. The minimum atomic E-state index is -3.82. The molecule has 2 aromatic rings. The smallest absolute Gasteiger partial charge is 0.349 e. The summed E-state index contributed by atoms with van der Waals surface area (Å²) in [6, 6.07) is 11.8. The molecule has 0 N–H and O–H groups in total. The quantitative estimate of drug-likeness (QED) is 0.641. The van der Waals surface area contributed by atoms with Crippen molar-refractivity contribution in [1.29, 1.82) is 0 Å². The number of ketones is 1. The Morgan fingerprint density at radius 2 is 1.86 bits per heavy atom. The molecule has 0 saturated carbocycles. The summed E-state index contributed by atoms with van der Waals surface area (Å²) < 4.78 is 33.9. The molecule has 112 valence electrons. The second-order valence-electron chi connectivity index (χ2n) is 5.19. The molecule has 0 spiro atoms. The lowest BCUT2D eigenvalue weighted by molar-refractivity contribution is -0.0820. The third kappa shape index (κ3) is 2.19. The van der Waals surface area contributed by atoms with Crippen LogP contribution in [0.2, 0.25) is 0 Å². The summed E-state index contributed by atoms with van der Waals surface area (Å²) in [5, 5.41) is 0. The van der Waals surface area contributed by atoms with Gasteiger partial charge < -0.3 is 4.74 Å². The van der Waals surface area contributed by atoms with Crippen LogP contribution in [0.3, 0.4) is 0 Å². The number of cyclic esters (lactones) is 1. The first kappa shape index (κ1) is 14.4. The van der Waals surface area contributed by atoms with Crippen LogP contribution in [0.1, 0.15) is 37.9 Å². The monoisotopic (exact) mass is 302 g/mol. The van der Waals surface area contributed by atoms with Gasteiger partial charge in [-0.1, -0.05) is 42.0 Å². The lowest BCUT2D eigenvalue weighted by atomic mass is 9.94. The van der Waals surface area contributed by atoms with E-state index in [1.54, 1.807) is 19.1 Å². The van der Waals surface area contributed by atoms with Crippen molar-refractivity contribution in [1.82, 2.24) is 0 Å². The van der Waals surface area contributed by atoms with Crippen molar-refractivity contribution in [3.63, 3.8) is 0 Å². The molecule has 1 atom stereocenters. The van der Waals surface area contributed by atoms with E-state index < -0.39 is 23.8 Å². The minimum Gasteiger partial charge on any atom is -0.447 e. The summed E-state index contributed by atoms with van der Waals surface area (Å²) in [7, 11) is 0. The van der Waals surface area contributed by atoms with E-state index in [0.717, 1.165) is 0 Å². The lowest BCUT2D eigenvalue weighted by Crippen LogP contribution is -2.36. The van der Waals surface area contributed by atoms with Gasteiger partial charge in [-0.15, -0.1) is 0 Å². The molecule has 3 nitrogen and oxygen atoms in total. The zero-order valence-corrected chi connectivity index (χ0v) is 11.7. The standard InChI is InChI=1S/C17H12F2O3/c1-10-5-4-6-11(9-10)14(20)17(18,19)15-12-7-2-3-8-13(12)16(21)22-15/h2-9,15H,1H3/t15-/m1/s1. The summed E-state index contributed by atoms with van der Waals surface area (Å²) in [6.07, 6.45) is -1.88. The molecule has 0 amide bonds. The molecule has 0 saturated heterocycles. The average molecular weight is 302 g/mol. The number of hydrogen-bond donors (Lipinski definition) is 0. The van der Waals surface area contributed by atoms with E-state index in [1.807, 2.05) is 0 Å². The maximum Gasteiger partial charge on any atom is 0.349 e. The number of benzene rings is 2. The third-order valence-electron chi connectivity index (χ3n) is 3.60. The summed E-state index contributed by atoms with van der Waals surface area (Å²) in [4.78, 5) is 23.8. The molecule has 0 aromatic heterocycles. The fourth-order valence-electron chi connectivity index (χ4n) is 2.51. The van der Waals surface area contributed by atoms with E-state index in [1.165, 1.54) is 36.4 Å². The van der Waals surface area contributed by atoms with Crippen molar-refractivity contribution >= 4 is 11.8 Å². The van der Waals surface area contributed by atoms with E-state index in [2.05, 4.69) is 0 Å². The van der Waals surface area contributed by atoms with Gasteiger partial charge in [-0.05, 0) is 19.1 Å². The first-order valence-electron chi connectivity index (χ1n) is 6.70. The molecule has 0 fully saturated rings. The van der Waals surface area contributed by atoms with Crippen LogP contribution in [0.25, 0.3) is 0 Å². The van der Waals surface area contributed by atoms with Gasteiger partial charge in [0.15, 0.2) is 6.10 Å². The molecule has 22 heavy (non-hydrogen) atoms. The highest BCUT2D eigenvalue weighted by molar-refractivity contribution is 6.03. The second kappa shape index (κ2) is 5.02. The molecular formula is C17H12F2O3. The fraction of sp³-hybridized carbons (Fsp3) is 0.176. The van der Waals surface area contributed by atoms with Crippen molar-refractivity contribution in [3.05, 3.63) is 70.8 Å². The number of carbonyl (C=O) groups is 2. The van der Waals surface area contributed by atoms with Gasteiger partial charge in [0.05, 0.1) is 5.56 Å². The number of aryl methyl sites for hydroxylation is 1. The Hall–Kier alpha value is -2.56. The van der Waals surface area contributed by atoms with Gasteiger partial charge in [0.2, 0.25) is 5.78 Å². The minimum absolute atomic E-state index is 0.0403. The van der Waals surface area contributed by atoms with E-state index in [4.69, 9.17) is 4.74 Å². The van der Waals surface area contributed by atoms with Crippen LogP contribution in [-0.2, 0) is 4.74 Å². The Morgan fingerprint density at radius 3 is 2.59 bits per heavy atom. The van der Waals surface area contributed by atoms with Crippen LogP contribution in [0, 0.1) is 6.92 Å². The maximum absolute atomic E-state index is 14.6. The number of ether oxygens (including phenoxy) is 1. The largest absolute Gasteiger partial charge is 0.447 e. The number of rotatable bonds is 3. The van der Waals surface area contributed by atoms with Crippen molar-refractivity contribution in [2.75, 3.05) is 0 Å². The van der Waals surface area contributed by atoms with Crippen LogP contribution < -0.4 is 0 Å². The van der Waals surface area contributed by atoms with Gasteiger partial charge in [-0.25, -0.2) is 4.79 Å². The van der Waals surface area contributed by atoms with E-state index in [-0.39, 0.29) is 16.7 Å². The maximum atomic E-state index is 14.6. The number of halogens is 2. The topological polar surface area (TPSA) is 43.4 Å². The molecule has 1 heterocycles. The number of esters is 1. The molecule has 1 aliphatic rings. The van der Waals surface area contributed by atoms with Gasteiger partial charge in [-0.3, -0.25) is 4.79 Å². The fourth-order valence-corrected chi connectivity index (χ4v) is 2.51. The number of fused-ring (bicyclic) bond motifs is 1. The van der Waals surface area contributed by atoms with Crippen LogP contribution in [-0.4, -0.2) is 17.7 Å². The number of hydrogen-bond acceptors (Lipinski definition) is 3. The van der Waals surface area contributed by atoms with Crippen molar-refractivity contribution in [2.24, 2.45) is 0 Å². The molecule has 5 heteroatoms. The highest BCUT2D eigenvalue weighted by atomic mass is 19.3. The van der Waals surface area contributed by atoms with Gasteiger partial charge in [0.1, 0.15) is 0 Å². The normalized spacial score (nSPS) is 17.0. The summed E-state index contributed by atoms with van der Waals surface area (Å²) in [5.74, 6) is -6.02. The Bertz CT molecular complexity index is 768. The lowest BCUT2D eigenvalue weighted by Gasteiger charge is -2.21. The van der Waals surface area contributed by atoms with Crippen LogP contribution in [0.15, 0.2) is 48.5 Å². The van der Waals surface area contributed by atoms with Gasteiger partial charge in [0, 0.05) is 11.1 Å². The molecular weight excluding hydrogens is 290 g/mol. The molecule has 2 aromatic carbocycles. The molecule has 3 rings (SSSR count). The molecule has 0 radical (unpaired) electrons. The van der Waals surface area contributed by atoms with E-state index >= 15 is 0 Å². The van der Waals surface area contributed by atoms with E-state index in [0.29, 0.717) is 5.56 Å². The highest BCUT2D eigenvalue weighted by Gasteiger charge is 2.54. The molecule has 0 aliphatic carbocycles. The summed E-state index contributed by atoms with van der Waals surface area (Å²) in [6.45, 7) is 1.71. The zero-order chi connectivity index (χ0) is 15.9. The van der Waals surface area contributed by atoms with Gasteiger partial charge in [-0.2, -0.15) is 8.78 Å². The van der Waals surface area contributed by atoms with Crippen molar-refractivity contribution in [2.45, 2.75) is 19.0 Å². The van der Waals surface area contributed by atoms with Crippen LogP contribution in [0.4, 0.5) is 8.78 Å². The van der Waals surface area contributed by atoms with Crippen LogP contribution in [0.5, 0.6) is 0 Å². The molecule has 1 aliphatic heterocycles. The summed E-state index contributed by atoms with van der Waals surface area (Å²) in [5.41, 5.74) is 0.707. The number of alkyl halides is 2. The summed E-state index contributed by atoms with van der Waals surface area (Å²) >= 11 is 0. The first-order valence-corrected chi connectivity index (χ1v) is 6.70. The van der Waals surface area contributed by atoms with Gasteiger partial charge in [0.25, 0.3) is 0 Å². The predicted octanol–water partition coefficient (Wildman–Crippen LogP) is 3.72. The third-order valence-corrected chi connectivity index (χ3v) is 3.60. The highest BCUT2D eigenvalue weighted by Crippen LogP contribution is 2.43. The Balaban J connectivity index is 2.00. The predicted molar refractivity (Wildman–Crippen MR) is 75.1 cm³/mol. The Labute approximate surface area is 125 Å². The zero-order valence-electron chi connectivity index (χ0n) is 11.7. The van der Waals surface area contributed by atoms with Gasteiger partial charge >= 0.3 is 11.9 Å². The van der Waals surface area contributed by atoms with E-state index in [9.17, 15) is 18.4 Å². The number of carbonyl (C=O) groups excluding carboxylic acids is 2. The van der Waals surface area contributed by atoms with Crippen molar-refractivity contribution < 1.29 is 23.1 Å². The molecule has 0 unspecified atom stereocenters. The Kier molecular flexibility index (Phi) is 3.28. The molecule has 0 bridgehead atoms. The first-order chi connectivity index (χ1) is 10.4. The second-order valence-corrected chi connectivity index (χ2v) is 5.19. The Morgan fingerprint density at radius 1 is 1.14 bits per heavy atom. The van der Waals surface area contributed by atoms with Crippen molar-refractivity contribution in [3.8, 4) is 0 Å². The SMILES string of the molecule is Cc1cccc(C(=O)C(F)(F)[C@@H]2OC(=O)c3ccccc32)c1. The number of Topliss-reactive ketones (excluding diaryl/α,β-unsaturated/α-hetero) is 1. The van der Waals surface area contributed by atoms with Crippen LogP contribution >= 0.6 is 0 Å².